The van der Waals surface area contributed by atoms with Crippen molar-refractivity contribution in [2.24, 2.45) is 29.6 Å². The summed E-state index contributed by atoms with van der Waals surface area (Å²) in [6.45, 7) is 0. The number of nitrogens with one attached hydrogen (secondary N) is 1. The topological polar surface area (TPSA) is 42.0 Å². The van der Waals surface area contributed by atoms with Crippen molar-refractivity contribution in [3.05, 3.63) is 11.1 Å². The third-order valence-electron chi connectivity index (χ3n) is 5.45. The van der Waals surface area contributed by atoms with Crippen molar-refractivity contribution in [1.29, 1.82) is 0 Å². The van der Waals surface area contributed by atoms with Gasteiger partial charge in [-0.3, -0.25) is 4.79 Å². The molecule has 0 spiro atoms. The monoisotopic (exact) mass is 310 g/mol. The number of nitrogens with zero attached hydrogens (tertiary/aromatic N) is 1. The van der Waals surface area contributed by atoms with Gasteiger partial charge in [-0.1, -0.05) is 0 Å². The highest BCUT2D eigenvalue weighted by Crippen LogP contribution is 2.56. The van der Waals surface area contributed by atoms with Crippen LogP contribution in [0, 0.1) is 29.6 Å². The molecule has 0 aliphatic heterocycles. The van der Waals surface area contributed by atoms with Crippen LogP contribution in [0.15, 0.2) is 5.38 Å². The Morgan fingerprint density at radius 2 is 1.90 bits per heavy atom. The fraction of sp³-hybridized carbons (Fsp3) is 0.733. The summed E-state index contributed by atoms with van der Waals surface area (Å²) < 4.78 is 0. The second kappa shape index (κ2) is 4.99. The van der Waals surface area contributed by atoms with Gasteiger partial charge in [0.1, 0.15) is 0 Å². The Balaban J connectivity index is 1.48. The Bertz CT molecular complexity index is 502. The number of aromatic nitrogens is 1. The first-order chi connectivity index (χ1) is 9.72. The lowest BCUT2D eigenvalue weighted by Crippen LogP contribution is -2.49. The number of hydrogen-bond donors (Lipinski definition) is 1. The zero-order valence-corrected chi connectivity index (χ0v) is 12.9. The summed E-state index contributed by atoms with van der Waals surface area (Å²) in [5.41, 5.74) is 0.844. The minimum Gasteiger partial charge on any atom is -0.302 e. The van der Waals surface area contributed by atoms with Crippen molar-refractivity contribution >= 4 is 34.0 Å². The average molecular weight is 311 g/mol. The van der Waals surface area contributed by atoms with Crippen molar-refractivity contribution < 1.29 is 4.79 Å². The Morgan fingerprint density at radius 1 is 1.25 bits per heavy atom. The van der Waals surface area contributed by atoms with E-state index >= 15 is 0 Å². The van der Waals surface area contributed by atoms with Crippen molar-refractivity contribution in [3.8, 4) is 0 Å². The van der Waals surface area contributed by atoms with Crippen LogP contribution < -0.4 is 5.32 Å². The van der Waals surface area contributed by atoms with E-state index in [9.17, 15) is 4.79 Å². The molecule has 108 valence electrons. The van der Waals surface area contributed by atoms with E-state index in [-0.39, 0.29) is 11.8 Å². The van der Waals surface area contributed by atoms with Crippen LogP contribution in [0.25, 0.3) is 0 Å². The summed E-state index contributed by atoms with van der Waals surface area (Å²) in [4.78, 5) is 17.0. The van der Waals surface area contributed by atoms with Crippen LogP contribution in [0.2, 0.25) is 0 Å². The molecule has 1 aromatic rings. The molecule has 5 rings (SSSR count). The van der Waals surface area contributed by atoms with Crippen LogP contribution >= 0.6 is 22.9 Å². The fourth-order valence-corrected chi connectivity index (χ4v) is 5.91. The van der Waals surface area contributed by atoms with Crippen LogP contribution in [-0.2, 0) is 10.7 Å². The first-order valence-corrected chi connectivity index (χ1v) is 8.95. The molecule has 4 fully saturated rings. The third kappa shape index (κ3) is 2.17. The highest BCUT2D eigenvalue weighted by atomic mass is 35.5. The zero-order valence-electron chi connectivity index (χ0n) is 11.3. The molecule has 4 aliphatic rings. The molecular weight excluding hydrogens is 292 g/mol. The maximum Gasteiger partial charge on any atom is 0.229 e. The summed E-state index contributed by atoms with van der Waals surface area (Å²) in [6, 6.07) is 0. The van der Waals surface area contributed by atoms with Gasteiger partial charge in [0.05, 0.1) is 11.6 Å². The average Bonchev–Trinajstić information content (AvgIpc) is 2.85. The van der Waals surface area contributed by atoms with E-state index in [1.165, 1.54) is 43.4 Å². The smallest absolute Gasteiger partial charge is 0.229 e. The molecule has 1 aromatic heterocycles. The largest absolute Gasteiger partial charge is 0.302 e. The van der Waals surface area contributed by atoms with E-state index in [0.29, 0.717) is 22.8 Å². The van der Waals surface area contributed by atoms with Gasteiger partial charge in [0.25, 0.3) is 0 Å². The highest BCUT2D eigenvalue weighted by Gasteiger charge is 2.50. The zero-order chi connectivity index (χ0) is 13.7. The molecule has 0 aromatic carbocycles. The summed E-state index contributed by atoms with van der Waals surface area (Å²) in [5, 5.41) is 5.66. The molecule has 20 heavy (non-hydrogen) atoms. The molecule has 0 saturated heterocycles. The number of anilines is 1. The number of thiazole rings is 1. The maximum atomic E-state index is 12.6. The third-order valence-corrected chi connectivity index (χ3v) is 6.53. The first-order valence-electron chi connectivity index (χ1n) is 7.54. The van der Waals surface area contributed by atoms with E-state index in [4.69, 9.17) is 11.6 Å². The van der Waals surface area contributed by atoms with Crippen LogP contribution in [0.5, 0.6) is 0 Å². The summed E-state index contributed by atoms with van der Waals surface area (Å²) in [7, 11) is 0. The molecule has 4 bridgehead atoms. The summed E-state index contributed by atoms with van der Waals surface area (Å²) in [6.07, 6.45) is 6.52. The minimum absolute atomic E-state index is 0.203. The van der Waals surface area contributed by atoms with Gasteiger partial charge in [-0.2, -0.15) is 0 Å². The number of alkyl halides is 1. The molecule has 0 radical (unpaired) electrons. The molecular formula is C15H19ClN2OS. The molecule has 1 N–H and O–H groups in total. The molecule has 4 saturated carbocycles. The van der Waals surface area contributed by atoms with Gasteiger partial charge in [-0.25, -0.2) is 4.98 Å². The van der Waals surface area contributed by atoms with E-state index in [1.54, 1.807) is 0 Å². The van der Waals surface area contributed by atoms with E-state index < -0.39 is 0 Å². The molecule has 1 heterocycles. The van der Waals surface area contributed by atoms with Crippen LogP contribution in [-0.4, -0.2) is 10.9 Å². The van der Waals surface area contributed by atoms with Gasteiger partial charge >= 0.3 is 0 Å². The molecule has 0 unspecified atom stereocenters. The van der Waals surface area contributed by atoms with Gasteiger partial charge in [0.2, 0.25) is 5.91 Å². The summed E-state index contributed by atoms with van der Waals surface area (Å²) >= 11 is 7.23. The van der Waals surface area contributed by atoms with Crippen molar-refractivity contribution in [2.75, 3.05) is 5.32 Å². The van der Waals surface area contributed by atoms with E-state index in [2.05, 4.69) is 10.3 Å². The second-order valence-electron chi connectivity index (χ2n) is 6.72. The lowest BCUT2D eigenvalue weighted by atomic mass is 9.51. The van der Waals surface area contributed by atoms with Crippen LogP contribution in [0.4, 0.5) is 5.13 Å². The normalized spacial score (nSPS) is 38.1. The summed E-state index contributed by atoms with van der Waals surface area (Å²) in [5.74, 6) is 3.90. The Hall–Kier alpha value is -0.610. The van der Waals surface area contributed by atoms with E-state index in [0.717, 1.165) is 17.5 Å². The number of hydrogen-bond acceptors (Lipinski definition) is 3. The van der Waals surface area contributed by atoms with E-state index in [1.807, 2.05) is 5.38 Å². The molecule has 1 amide bonds. The maximum absolute atomic E-state index is 12.6. The second-order valence-corrected chi connectivity index (χ2v) is 7.85. The number of carbonyl (C=O) groups is 1. The lowest BCUT2D eigenvalue weighted by Gasteiger charge is -2.53. The van der Waals surface area contributed by atoms with Crippen molar-refractivity contribution in [3.63, 3.8) is 0 Å². The Kier molecular flexibility index (Phi) is 3.26. The van der Waals surface area contributed by atoms with Gasteiger partial charge in [0, 0.05) is 11.3 Å². The van der Waals surface area contributed by atoms with Crippen LogP contribution in [0.3, 0.4) is 0 Å². The molecule has 5 heteroatoms. The number of amides is 1. The highest BCUT2D eigenvalue weighted by molar-refractivity contribution is 7.13. The minimum atomic E-state index is 0.203. The van der Waals surface area contributed by atoms with Crippen LogP contribution in [0.1, 0.15) is 37.8 Å². The fourth-order valence-electron chi connectivity index (χ4n) is 4.97. The quantitative estimate of drug-likeness (QED) is 0.861. The van der Waals surface area contributed by atoms with Crippen molar-refractivity contribution in [1.82, 2.24) is 4.98 Å². The van der Waals surface area contributed by atoms with Gasteiger partial charge in [-0.05, 0) is 55.8 Å². The van der Waals surface area contributed by atoms with Gasteiger partial charge in [-0.15, -0.1) is 22.9 Å². The van der Waals surface area contributed by atoms with Gasteiger partial charge in [0.15, 0.2) is 5.13 Å². The molecule has 0 atom stereocenters. The molecule has 3 nitrogen and oxygen atoms in total. The lowest BCUT2D eigenvalue weighted by molar-refractivity contribution is -0.132. The van der Waals surface area contributed by atoms with Gasteiger partial charge < -0.3 is 5.32 Å². The predicted octanol–water partition coefficient (Wildman–Crippen LogP) is 3.89. The number of carbonyl (C=O) groups excluding carboxylic acids is 1. The SMILES string of the molecule is O=C(Nc1nc(CCl)cs1)C1C2CC3CC(C2)CC1C3. The van der Waals surface area contributed by atoms with Crippen molar-refractivity contribution in [2.45, 2.75) is 38.0 Å². The number of rotatable bonds is 3. The first kappa shape index (κ1) is 13.1. The Morgan fingerprint density at radius 3 is 2.45 bits per heavy atom. The molecule has 4 aliphatic carbocycles. The Labute approximate surface area is 128 Å². The standard InChI is InChI=1S/C15H19ClN2OS/c16-6-12-7-20-15(17-12)18-14(19)13-10-2-8-1-9(4-10)5-11(13)3-8/h7-11,13H,1-6H2,(H,17,18,19). The predicted molar refractivity (Wildman–Crippen MR) is 80.8 cm³/mol. The number of halogens is 1.